The van der Waals surface area contributed by atoms with Crippen LogP contribution in [0.3, 0.4) is 0 Å². The molecule has 4 heteroatoms. The Bertz CT molecular complexity index is 4960. The van der Waals surface area contributed by atoms with E-state index in [4.69, 9.17) is 0 Å². The summed E-state index contributed by atoms with van der Waals surface area (Å²) in [5, 5.41) is 9.86. The van der Waals surface area contributed by atoms with Crippen LogP contribution in [0.25, 0.3) is 65.3 Å². The lowest BCUT2D eigenvalue weighted by atomic mass is 10.0. The maximum Gasteiger partial charge on any atom is 0.0540 e. The number of nitrogens with zero attached hydrogens (tertiary/aromatic N) is 4. The number of hydrogen-bond donors (Lipinski definition) is 0. The van der Waals surface area contributed by atoms with Crippen LogP contribution in [0.2, 0.25) is 0 Å². The summed E-state index contributed by atoms with van der Waals surface area (Å²) in [5.41, 5.74) is 18.3. The third kappa shape index (κ3) is 11.8. The Balaban J connectivity index is 0.000000153. The number of anilines is 12. The van der Waals surface area contributed by atoms with Crippen LogP contribution >= 0.6 is 0 Å². The van der Waals surface area contributed by atoms with Crippen molar-refractivity contribution in [3.8, 4) is 22.3 Å². The summed E-state index contributed by atoms with van der Waals surface area (Å²) in [6.45, 7) is 0. The van der Waals surface area contributed by atoms with Crippen molar-refractivity contribution < 1.29 is 0 Å². The Morgan fingerprint density at radius 3 is 0.685 bits per heavy atom. The molecular formula is C88H64N4. The van der Waals surface area contributed by atoms with Crippen LogP contribution in [-0.2, 0) is 0 Å². The van der Waals surface area contributed by atoms with E-state index in [0.29, 0.717) is 0 Å². The molecule has 0 fully saturated rings. The van der Waals surface area contributed by atoms with Crippen LogP contribution in [0.5, 0.6) is 0 Å². The van der Waals surface area contributed by atoms with Crippen LogP contribution in [0.1, 0.15) is 0 Å². The number of benzene rings is 16. The molecule has 0 unspecified atom stereocenters. The van der Waals surface area contributed by atoms with E-state index >= 15 is 0 Å². The van der Waals surface area contributed by atoms with E-state index in [0.717, 1.165) is 68.2 Å². The van der Waals surface area contributed by atoms with Crippen LogP contribution in [0, 0.1) is 0 Å². The van der Waals surface area contributed by atoms with Gasteiger partial charge in [-0.1, -0.05) is 249 Å². The third-order valence-electron chi connectivity index (χ3n) is 17.2. The van der Waals surface area contributed by atoms with E-state index in [1.54, 1.807) is 0 Å². The fraction of sp³-hybridized carbons (Fsp3) is 0. The average Bonchev–Trinajstić information content (AvgIpc) is 2.64. The molecule has 0 atom stereocenters. The summed E-state index contributed by atoms with van der Waals surface area (Å²) in [7, 11) is 0. The summed E-state index contributed by atoms with van der Waals surface area (Å²) in [5.74, 6) is 0. The zero-order chi connectivity index (χ0) is 61.4. The molecule has 0 heterocycles. The molecule has 0 bridgehead atoms. The van der Waals surface area contributed by atoms with Crippen molar-refractivity contribution >= 4 is 111 Å². The van der Waals surface area contributed by atoms with Gasteiger partial charge in [0.05, 0.1) is 5.69 Å². The highest BCUT2D eigenvalue weighted by atomic mass is 15.2. The highest BCUT2D eigenvalue weighted by Gasteiger charge is 2.19. The van der Waals surface area contributed by atoms with Crippen molar-refractivity contribution in [2.24, 2.45) is 0 Å². The minimum atomic E-state index is 1.12. The normalized spacial score (nSPS) is 11.0. The average molecular weight is 1180 g/mol. The molecule has 92 heavy (non-hydrogen) atoms. The Labute approximate surface area is 538 Å². The number of fused-ring (bicyclic) bond motifs is 4. The molecule has 16 aromatic carbocycles. The van der Waals surface area contributed by atoms with Crippen molar-refractivity contribution in [2.75, 3.05) is 19.6 Å². The molecule has 16 aromatic rings. The molecule has 0 saturated heterocycles. The van der Waals surface area contributed by atoms with Crippen molar-refractivity contribution in [3.05, 3.63) is 388 Å². The monoisotopic (exact) mass is 1180 g/mol. The lowest BCUT2D eigenvalue weighted by Gasteiger charge is -2.27. The first-order valence-electron chi connectivity index (χ1n) is 31.4. The summed E-state index contributed by atoms with van der Waals surface area (Å²) >= 11 is 0. The molecule has 0 aliphatic heterocycles. The van der Waals surface area contributed by atoms with Crippen molar-refractivity contribution in [2.45, 2.75) is 0 Å². The van der Waals surface area contributed by atoms with Gasteiger partial charge in [0.15, 0.2) is 0 Å². The molecule has 0 aliphatic carbocycles. The predicted octanol–water partition coefficient (Wildman–Crippen LogP) is 25.2. The number of rotatable bonds is 14. The molecule has 0 saturated carbocycles. The van der Waals surface area contributed by atoms with Gasteiger partial charge in [0.25, 0.3) is 0 Å². The Kier molecular flexibility index (Phi) is 15.8. The van der Waals surface area contributed by atoms with Gasteiger partial charge >= 0.3 is 0 Å². The first-order valence-corrected chi connectivity index (χ1v) is 31.4. The van der Waals surface area contributed by atoms with Crippen LogP contribution < -0.4 is 19.6 Å². The lowest BCUT2D eigenvalue weighted by molar-refractivity contribution is 1.28. The van der Waals surface area contributed by atoms with E-state index in [1.165, 1.54) is 65.3 Å². The highest BCUT2D eigenvalue weighted by molar-refractivity contribution is 5.99. The van der Waals surface area contributed by atoms with Gasteiger partial charge in [0, 0.05) is 67.9 Å². The second-order valence-corrected chi connectivity index (χ2v) is 23.0. The van der Waals surface area contributed by atoms with Crippen LogP contribution in [0.4, 0.5) is 68.2 Å². The summed E-state index contributed by atoms with van der Waals surface area (Å²) < 4.78 is 0. The largest absolute Gasteiger partial charge is 0.310 e. The highest BCUT2D eigenvalue weighted by Crippen LogP contribution is 2.43. The molecule has 0 aliphatic rings. The fourth-order valence-electron chi connectivity index (χ4n) is 12.6. The van der Waals surface area contributed by atoms with Gasteiger partial charge in [-0.25, -0.2) is 0 Å². The van der Waals surface area contributed by atoms with Crippen molar-refractivity contribution in [3.63, 3.8) is 0 Å². The lowest BCUT2D eigenvalue weighted by Crippen LogP contribution is -2.10. The zero-order valence-electron chi connectivity index (χ0n) is 50.7. The van der Waals surface area contributed by atoms with Gasteiger partial charge < -0.3 is 19.6 Å². The molecule has 0 amide bonds. The molecule has 0 spiro atoms. The van der Waals surface area contributed by atoms with Crippen molar-refractivity contribution in [1.82, 2.24) is 0 Å². The van der Waals surface area contributed by atoms with Gasteiger partial charge in [-0.05, 0) is 199 Å². The zero-order valence-corrected chi connectivity index (χ0v) is 50.7. The Morgan fingerprint density at radius 1 is 0.130 bits per heavy atom. The first-order chi connectivity index (χ1) is 45.6. The fourth-order valence-corrected chi connectivity index (χ4v) is 12.6. The molecule has 16 rings (SSSR count). The second kappa shape index (κ2) is 25.8. The second-order valence-electron chi connectivity index (χ2n) is 23.0. The molecule has 0 N–H and O–H groups in total. The Morgan fingerprint density at radius 2 is 0.359 bits per heavy atom. The SMILES string of the molecule is c1ccc(N(c2ccc(-c3ccc(N(c4ccccc4)c4ccc5ccccc5c4)cc3)cc2)c2ccc3ccccc3c2)cc1.c1ccc(N(c2ccc(-c3ccc(N(c4ccccc4)c4cccc5ccccc45)cc3)cc2)c2ccc3ccccc3c2)cc1. The van der Waals surface area contributed by atoms with Gasteiger partial charge in [0.2, 0.25) is 0 Å². The summed E-state index contributed by atoms with van der Waals surface area (Å²) in [6.07, 6.45) is 0. The topological polar surface area (TPSA) is 13.0 Å². The molecule has 436 valence electrons. The van der Waals surface area contributed by atoms with Gasteiger partial charge in [-0.2, -0.15) is 0 Å². The first kappa shape index (κ1) is 56.3. The smallest absolute Gasteiger partial charge is 0.0540 e. The maximum atomic E-state index is 2.34. The van der Waals surface area contributed by atoms with Crippen LogP contribution in [0.15, 0.2) is 388 Å². The van der Waals surface area contributed by atoms with Crippen LogP contribution in [-0.4, -0.2) is 0 Å². The number of hydrogen-bond acceptors (Lipinski definition) is 4. The maximum absolute atomic E-state index is 2.34. The minimum absolute atomic E-state index is 1.12. The quantitative estimate of drug-likeness (QED) is 0.108. The van der Waals surface area contributed by atoms with E-state index in [9.17, 15) is 0 Å². The summed E-state index contributed by atoms with van der Waals surface area (Å²) in [6, 6.07) is 139. The van der Waals surface area contributed by atoms with E-state index in [2.05, 4.69) is 408 Å². The van der Waals surface area contributed by atoms with E-state index in [1.807, 2.05) is 0 Å². The standard InChI is InChI=1S/2C44H32N2/c1-3-15-39(16-4-1)45(43-29-23-33-11-7-9-13-37(33)31-43)41-25-19-35(20-26-41)36-21-27-42(28-22-36)46(40-17-5-2-6-18-40)44-30-24-34-12-8-10-14-38(34)32-44;1-3-16-38(17-4-1)45(42-31-26-33-12-7-8-14-37(33)32-42)40-27-22-34(23-28-40)35-24-29-41(30-25-35)46(39-18-5-2-6-19-39)44-21-11-15-36-13-9-10-20-43(36)44/h2*1-32H. The van der Waals surface area contributed by atoms with Gasteiger partial charge in [-0.15, -0.1) is 0 Å². The predicted molar refractivity (Wildman–Crippen MR) is 393 cm³/mol. The number of para-hydroxylation sites is 4. The van der Waals surface area contributed by atoms with Crippen molar-refractivity contribution in [1.29, 1.82) is 0 Å². The summed E-state index contributed by atoms with van der Waals surface area (Å²) in [4.78, 5) is 9.30. The van der Waals surface area contributed by atoms with E-state index in [-0.39, 0.29) is 0 Å². The van der Waals surface area contributed by atoms with E-state index < -0.39 is 0 Å². The molecule has 0 aromatic heterocycles. The third-order valence-corrected chi connectivity index (χ3v) is 17.2. The minimum Gasteiger partial charge on any atom is -0.310 e. The molecular weight excluding hydrogens is 1110 g/mol. The van der Waals surface area contributed by atoms with Gasteiger partial charge in [0.1, 0.15) is 0 Å². The van der Waals surface area contributed by atoms with Gasteiger partial charge in [-0.3, -0.25) is 0 Å². The molecule has 4 nitrogen and oxygen atoms in total. The Hall–Kier alpha value is -12.2. The molecule has 0 radical (unpaired) electrons.